The predicted molar refractivity (Wildman–Crippen MR) is 68.5 cm³/mol. The molecule has 3 aromatic rings. The number of furan rings is 1. The standard InChI is InChI=1S/C14H9N3O2/c1-18-14-16-8-10-6-12(19-13(10)17-14)11-5-3-2-4-9(11)7-15/h2-6,8H,1H3. The van der Waals surface area contributed by atoms with Crippen LogP contribution in [0.2, 0.25) is 0 Å². The van der Waals surface area contributed by atoms with Crippen molar-refractivity contribution in [3.05, 3.63) is 42.1 Å². The first-order valence-electron chi connectivity index (χ1n) is 5.62. The third-order valence-electron chi connectivity index (χ3n) is 2.75. The van der Waals surface area contributed by atoms with Crippen LogP contribution in [-0.2, 0) is 0 Å². The van der Waals surface area contributed by atoms with Crippen molar-refractivity contribution in [1.29, 1.82) is 5.26 Å². The minimum atomic E-state index is 0.252. The maximum Gasteiger partial charge on any atom is 0.319 e. The quantitative estimate of drug-likeness (QED) is 0.700. The average Bonchev–Trinajstić information content (AvgIpc) is 2.89. The summed E-state index contributed by atoms with van der Waals surface area (Å²) < 4.78 is 10.6. The zero-order chi connectivity index (χ0) is 13.2. The van der Waals surface area contributed by atoms with Gasteiger partial charge in [-0.15, -0.1) is 0 Å². The zero-order valence-corrected chi connectivity index (χ0v) is 10.1. The van der Waals surface area contributed by atoms with Crippen LogP contribution >= 0.6 is 0 Å². The summed E-state index contributed by atoms with van der Waals surface area (Å²) in [6.07, 6.45) is 1.63. The summed E-state index contributed by atoms with van der Waals surface area (Å²) in [5, 5.41) is 9.86. The van der Waals surface area contributed by atoms with Crippen molar-refractivity contribution >= 4 is 11.1 Å². The molecule has 0 saturated carbocycles. The molecule has 19 heavy (non-hydrogen) atoms. The Hall–Kier alpha value is -2.87. The van der Waals surface area contributed by atoms with Gasteiger partial charge in [0, 0.05) is 11.8 Å². The van der Waals surface area contributed by atoms with Gasteiger partial charge in [0.2, 0.25) is 5.71 Å². The SMILES string of the molecule is COc1ncc2cc(-c3ccccc3C#N)oc2n1. The fourth-order valence-electron chi connectivity index (χ4n) is 1.84. The van der Waals surface area contributed by atoms with E-state index in [0.29, 0.717) is 17.0 Å². The molecule has 0 bridgehead atoms. The molecule has 2 aromatic heterocycles. The van der Waals surface area contributed by atoms with Crippen LogP contribution in [0.25, 0.3) is 22.4 Å². The maximum atomic E-state index is 9.10. The molecule has 2 heterocycles. The van der Waals surface area contributed by atoms with Gasteiger partial charge in [-0.1, -0.05) is 12.1 Å². The summed E-state index contributed by atoms with van der Waals surface area (Å²) in [4.78, 5) is 8.13. The van der Waals surface area contributed by atoms with Crippen LogP contribution < -0.4 is 4.74 Å². The molecule has 1 aromatic carbocycles. The van der Waals surface area contributed by atoms with Gasteiger partial charge in [-0.05, 0) is 18.2 Å². The summed E-state index contributed by atoms with van der Waals surface area (Å²) in [6, 6.07) is 11.5. The molecule has 0 amide bonds. The molecular weight excluding hydrogens is 242 g/mol. The van der Waals surface area contributed by atoms with Gasteiger partial charge >= 0.3 is 6.01 Å². The second-order valence-corrected chi connectivity index (χ2v) is 3.89. The lowest BCUT2D eigenvalue weighted by Gasteiger charge is -1.98. The molecule has 0 fully saturated rings. The van der Waals surface area contributed by atoms with Gasteiger partial charge in [0.05, 0.1) is 24.1 Å². The van der Waals surface area contributed by atoms with Gasteiger partial charge < -0.3 is 9.15 Å². The minimum absolute atomic E-state index is 0.252. The number of hydrogen-bond donors (Lipinski definition) is 0. The van der Waals surface area contributed by atoms with Crippen LogP contribution in [0, 0.1) is 11.3 Å². The fourth-order valence-corrected chi connectivity index (χ4v) is 1.84. The normalized spacial score (nSPS) is 10.3. The summed E-state index contributed by atoms with van der Waals surface area (Å²) in [5.74, 6) is 0.592. The molecule has 0 N–H and O–H groups in total. The van der Waals surface area contributed by atoms with Crippen LogP contribution in [0.3, 0.4) is 0 Å². The Labute approximate surface area is 109 Å². The second kappa shape index (κ2) is 4.42. The Bertz CT molecular complexity index is 787. The van der Waals surface area contributed by atoms with Crippen LogP contribution in [0.4, 0.5) is 0 Å². The van der Waals surface area contributed by atoms with Gasteiger partial charge in [0.15, 0.2) is 0 Å². The monoisotopic (exact) mass is 251 g/mol. The van der Waals surface area contributed by atoms with Crippen LogP contribution in [0.15, 0.2) is 40.9 Å². The van der Waals surface area contributed by atoms with E-state index in [2.05, 4.69) is 16.0 Å². The van der Waals surface area contributed by atoms with E-state index in [1.165, 1.54) is 7.11 Å². The highest BCUT2D eigenvalue weighted by Crippen LogP contribution is 2.29. The van der Waals surface area contributed by atoms with Crippen molar-refractivity contribution in [1.82, 2.24) is 9.97 Å². The molecule has 0 unspecified atom stereocenters. The molecule has 92 valence electrons. The Morgan fingerprint density at radius 2 is 2.16 bits per heavy atom. The number of hydrogen-bond acceptors (Lipinski definition) is 5. The van der Waals surface area contributed by atoms with Gasteiger partial charge in [0.1, 0.15) is 5.76 Å². The van der Waals surface area contributed by atoms with Crippen LogP contribution in [-0.4, -0.2) is 17.1 Å². The zero-order valence-electron chi connectivity index (χ0n) is 10.1. The smallest absolute Gasteiger partial charge is 0.319 e. The van der Waals surface area contributed by atoms with Crippen LogP contribution in [0.1, 0.15) is 5.56 Å². The number of rotatable bonds is 2. The first-order chi connectivity index (χ1) is 9.31. The van der Waals surface area contributed by atoms with Gasteiger partial charge in [-0.3, -0.25) is 0 Å². The Kier molecular flexibility index (Phi) is 2.62. The van der Waals surface area contributed by atoms with Crippen molar-refractivity contribution in [2.45, 2.75) is 0 Å². The number of ether oxygens (including phenoxy) is 1. The number of aromatic nitrogens is 2. The van der Waals surface area contributed by atoms with Gasteiger partial charge in [0.25, 0.3) is 0 Å². The molecule has 0 aliphatic rings. The number of fused-ring (bicyclic) bond motifs is 1. The van der Waals surface area contributed by atoms with Crippen molar-refractivity contribution in [3.63, 3.8) is 0 Å². The minimum Gasteiger partial charge on any atom is -0.467 e. The summed E-state index contributed by atoms with van der Waals surface area (Å²) in [7, 11) is 1.50. The topological polar surface area (TPSA) is 71.9 Å². The molecule has 5 heteroatoms. The largest absolute Gasteiger partial charge is 0.467 e. The van der Waals surface area contributed by atoms with E-state index in [0.717, 1.165) is 10.9 Å². The third kappa shape index (κ3) is 1.89. The first-order valence-corrected chi connectivity index (χ1v) is 5.62. The van der Waals surface area contributed by atoms with Crippen molar-refractivity contribution in [3.8, 4) is 23.4 Å². The van der Waals surface area contributed by atoms with Gasteiger partial charge in [-0.2, -0.15) is 10.2 Å². The summed E-state index contributed by atoms with van der Waals surface area (Å²) >= 11 is 0. The number of benzene rings is 1. The maximum absolute atomic E-state index is 9.10. The fraction of sp³-hybridized carbons (Fsp3) is 0.0714. The molecule has 3 rings (SSSR count). The average molecular weight is 251 g/mol. The lowest BCUT2D eigenvalue weighted by Crippen LogP contribution is -1.89. The van der Waals surface area contributed by atoms with Crippen LogP contribution in [0.5, 0.6) is 6.01 Å². The summed E-state index contributed by atoms with van der Waals surface area (Å²) in [6.45, 7) is 0. The number of methoxy groups -OCH3 is 1. The van der Waals surface area contributed by atoms with Crippen molar-refractivity contribution < 1.29 is 9.15 Å². The van der Waals surface area contributed by atoms with E-state index < -0.39 is 0 Å². The molecule has 5 nitrogen and oxygen atoms in total. The summed E-state index contributed by atoms with van der Waals surface area (Å²) in [5.41, 5.74) is 1.73. The predicted octanol–water partition coefficient (Wildman–Crippen LogP) is 2.77. The molecule has 0 atom stereocenters. The highest BCUT2D eigenvalue weighted by Gasteiger charge is 2.11. The number of nitrogens with zero attached hydrogens (tertiary/aromatic N) is 3. The second-order valence-electron chi connectivity index (χ2n) is 3.89. The van der Waals surface area contributed by atoms with E-state index in [1.54, 1.807) is 12.3 Å². The van der Waals surface area contributed by atoms with E-state index >= 15 is 0 Å². The number of nitriles is 1. The van der Waals surface area contributed by atoms with Crippen molar-refractivity contribution in [2.75, 3.05) is 7.11 Å². The molecule has 0 aliphatic carbocycles. The molecular formula is C14H9N3O2. The molecule has 0 saturated heterocycles. The van der Waals surface area contributed by atoms with Crippen molar-refractivity contribution in [2.24, 2.45) is 0 Å². The third-order valence-corrected chi connectivity index (χ3v) is 2.75. The molecule has 0 radical (unpaired) electrons. The molecule has 0 aliphatic heterocycles. The van der Waals surface area contributed by atoms with Gasteiger partial charge in [-0.25, -0.2) is 4.98 Å². The van der Waals surface area contributed by atoms with E-state index in [1.807, 2.05) is 24.3 Å². The van der Waals surface area contributed by atoms with E-state index in [-0.39, 0.29) is 6.01 Å². The van der Waals surface area contributed by atoms with E-state index in [9.17, 15) is 0 Å². The first kappa shape index (κ1) is 11.2. The Morgan fingerprint density at radius 3 is 2.95 bits per heavy atom. The highest BCUT2D eigenvalue weighted by molar-refractivity contribution is 5.81. The highest BCUT2D eigenvalue weighted by atomic mass is 16.5. The Morgan fingerprint density at radius 1 is 1.32 bits per heavy atom. The lowest BCUT2D eigenvalue weighted by molar-refractivity contribution is 0.379. The Balaban J connectivity index is 2.18. The van der Waals surface area contributed by atoms with E-state index in [4.69, 9.17) is 14.4 Å². The lowest BCUT2D eigenvalue weighted by atomic mass is 10.1. The molecule has 0 spiro atoms.